The van der Waals surface area contributed by atoms with E-state index >= 15 is 0 Å². The lowest BCUT2D eigenvalue weighted by molar-refractivity contribution is -0.384. The first-order chi connectivity index (χ1) is 11.1. The molecule has 128 valence electrons. The Bertz CT molecular complexity index is 794. The van der Waals surface area contributed by atoms with Gasteiger partial charge < -0.3 is 10.5 Å². The number of anilines is 2. The van der Waals surface area contributed by atoms with Crippen LogP contribution in [0.5, 0.6) is 5.75 Å². The minimum absolute atomic E-state index is 0.0255. The third-order valence-electron chi connectivity index (χ3n) is 2.69. The molecule has 0 aliphatic carbocycles. The maximum Gasteiger partial charge on any atom is 0.445 e. The quantitative estimate of drug-likeness (QED) is 0.658. The van der Waals surface area contributed by atoms with Crippen molar-refractivity contribution >= 4 is 33.9 Å². The fourth-order valence-electron chi connectivity index (χ4n) is 1.70. The van der Waals surface area contributed by atoms with E-state index in [9.17, 15) is 28.1 Å². The summed E-state index contributed by atoms with van der Waals surface area (Å²) in [5, 5.41) is 15.5. The molecule has 2 N–H and O–H groups in total. The first-order valence-corrected chi connectivity index (χ1v) is 6.79. The van der Waals surface area contributed by atoms with Gasteiger partial charge in [0.15, 0.2) is 0 Å². The molecule has 1 aromatic heterocycles. The smallest absolute Gasteiger partial charge is 0.445 e. The molecule has 0 saturated heterocycles. The highest BCUT2D eigenvalue weighted by molar-refractivity contribution is 7.15. The van der Waals surface area contributed by atoms with Gasteiger partial charge in [0.25, 0.3) is 5.69 Å². The highest BCUT2D eigenvalue weighted by Crippen LogP contribution is 2.40. The van der Waals surface area contributed by atoms with Crippen LogP contribution in [0.4, 0.5) is 34.5 Å². The van der Waals surface area contributed by atoms with Crippen LogP contribution in [0, 0.1) is 10.1 Å². The lowest BCUT2D eigenvalue weighted by Gasteiger charge is -2.17. The molecule has 2 aromatic rings. The second kappa shape index (κ2) is 6.27. The molecule has 0 aliphatic rings. The van der Waals surface area contributed by atoms with Crippen LogP contribution in [-0.2, 0) is 6.18 Å². The average Bonchev–Trinajstić information content (AvgIpc) is 2.96. The number of hydrogen-bond acceptors (Lipinski definition) is 7. The van der Waals surface area contributed by atoms with Gasteiger partial charge in [-0.05, 0) is 12.1 Å². The normalized spacial score (nSPS) is 11.2. The molecule has 24 heavy (non-hydrogen) atoms. The molecule has 9 nitrogen and oxygen atoms in total. The number of nitro benzene ring substituents is 1. The first kappa shape index (κ1) is 17.4. The Morgan fingerprint density at radius 2 is 2.08 bits per heavy atom. The summed E-state index contributed by atoms with van der Waals surface area (Å²) < 4.78 is 42.7. The van der Waals surface area contributed by atoms with Crippen LogP contribution in [-0.4, -0.2) is 28.3 Å². The monoisotopic (exact) mass is 363 g/mol. The van der Waals surface area contributed by atoms with E-state index in [1.807, 2.05) is 0 Å². The fourth-order valence-corrected chi connectivity index (χ4v) is 2.43. The number of nitro groups is 1. The van der Waals surface area contributed by atoms with Crippen molar-refractivity contribution in [3.05, 3.63) is 33.3 Å². The lowest BCUT2D eigenvalue weighted by atomic mass is 10.2. The molecular weight excluding hydrogens is 355 g/mol. The standard InChI is InChI=1S/C11H8F3N5O4S/c1-23-5-2-3-6(7(4-5)19(21)22)18(9(15)20)10-17-16-8(24-10)11(12,13)14/h2-4H,1H3,(H2,15,20). The Kier molecular flexibility index (Phi) is 4.54. The number of nitrogens with zero attached hydrogens (tertiary/aromatic N) is 4. The zero-order valence-electron chi connectivity index (χ0n) is 11.8. The number of urea groups is 1. The first-order valence-electron chi connectivity index (χ1n) is 5.98. The Hall–Kier alpha value is -2.96. The van der Waals surface area contributed by atoms with E-state index in [1.54, 1.807) is 0 Å². The van der Waals surface area contributed by atoms with E-state index in [1.165, 1.54) is 13.2 Å². The van der Waals surface area contributed by atoms with Gasteiger partial charge in [-0.25, -0.2) is 9.69 Å². The number of nitrogens with two attached hydrogens (primary N) is 1. The van der Waals surface area contributed by atoms with Gasteiger partial charge in [-0.3, -0.25) is 10.1 Å². The second-order valence-corrected chi connectivity index (χ2v) is 5.13. The van der Waals surface area contributed by atoms with Crippen molar-refractivity contribution in [2.45, 2.75) is 6.18 Å². The fraction of sp³-hybridized carbons (Fsp3) is 0.182. The number of hydrogen-bond donors (Lipinski definition) is 1. The van der Waals surface area contributed by atoms with Crippen LogP contribution >= 0.6 is 11.3 Å². The summed E-state index contributed by atoms with van der Waals surface area (Å²) in [6.45, 7) is 0. The molecule has 2 amide bonds. The summed E-state index contributed by atoms with van der Waals surface area (Å²) in [7, 11) is 1.27. The van der Waals surface area contributed by atoms with Gasteiger partial charge in [-0.1, -0.05) is 11.3 Å². The molecule has 0 aliphatic heterocycles. The van der Waals surface area contributed by atoms with Crippen molar-refractivity contribution in [2.24, 2.45) is 5.73 Å². The summed E-state index contributed by atoms with van der Waals surface area (Å²) in [4.78, 5) is 22.5. The molecule has 0 fully saturated rings. The third kappa shape index (κ3) is 3.34. The van der Waals surface area contributed by atoms with Crippen molar-refractivity contribution in [3.63, 3.8) is 0 Å². The van der Waals surface area contributed by atoms with Crippen LogP contribution in [0.1, 0.15) is 5.01 Å². The van der Waals surface area contributed by atoms with Gasteiger partial charge in [-0.2, -0.15) is 13.2 Å². The van der Waals surface area contributed by atoms with Crippen LogP contribution in [0.3, 0.4) is 0 Å². The summed E-state index contributed by atoms with van der Waals surface area (Å²) in [5.41, 5.74) is 4.19. The molecule has 1 heterocycles. The number of aromatic nitrogens is 2. The summed E-state index contributed by atoms with van der Waals surface area (Å²) >= 11 is 0.0255. The molecule has 0 bridgehead atoms. The van der Waals surface area contributed by atoms with Gasteiger partial charge in [0.1, 0.15) is 11.4 Å². The number of primary amides is 1. The van der Waals surface area contributed by atoms with Gasteiger partial charge in [0.2, 0.25) is 10.1 Å². The number of ether oxygens (including phenoxy) is 1. The van der Waals surface area contributed by atoms with E-state index in [-0.39, 0.29) is 22.8 Å². The second-order valence-electron chi connectivity index (χ2n) is 4.17. The summed E-state index contributed by atoms with van der Waals surface area (Å²) in [6, 6.07) is 2.13. The number of rotatable bonds is 4. The molecule has 1 aromatic carbocycles. The predicted octanol–water partition coefficient (Wildman–Crippen LogP) is 2.69. The Morgan fingerprint density at radius 1 is 1.42 bits per heavy atom. The average molecular weight is 363 g/mol. The van der Waals surface area contributed by atoms with E-state index in [0.717, 1.165) is 12.1 Å². The van der Waals surface area contributed by atoms with Crippen molar-refractivity contribution in [3.8, 4) is 5.75 Å². The number of halogens is 3. The zero-order chi connectivity index (χ0) is 18.1. The zero-order valence-corrected chi connectivity index (χ0v) is 12.6. The van der Waals surface area contributed by atoms with Gasteiger partial charge >= 0.3 is 12.2 Å². The predicted molar refractivity (Wildman–Crippen MR) is 76.3 cm³/mol. The number of methoxy groups -OCH3 is 1. The SMILES string of the molecule is COc1ccc(N(C(N)=O)c2nnc(C(F)(F)F)s2)c([N+](=O)[O-])c1. The number of amides is 2. The van der Waals surface area contributed by atoms with Crippen molar-refractivity contribution in [2.75, 3.05) is 12.0 Å². The molecule has 2 rings (SSSR count). The highest BCUT2D eigenvalue weighted by atomic mass is 32.1. The number of alkyl halides is 3. The maximum absolute atomic E-state index is 12.6. The van der Waals surface area contributed by atoms with Gasteiger partial charge in [-0.15, -0.1) is 10.2 Å². The number of carbonyl (C=O) groups is 1. The molecule has 0 radical (unpaired) electrons. The van der Waals surface area contributed by atoms with Crippen LogP contribution in [0.25, 0.3) is 0 Å². The van der Waals surface area contributed by atoms with Crippen LogP contribution in [0.15, 0.2) is 18.2 Å². The highest BCUT2D eigenvalue weighted by Gasteiger charge is 2.37. The minimum Gasteiger partial charge on any atom is -0.496 e. The lowest BCUT2D eigenvalue weighted by Crippen LogP contribution is -2.31. The van der Waals surface area contributed by atoms with Crippen molar-refractivity contribution in [1.82, 2.24) is 10.2 Å². The van der Waals surface area contributed by atoms with E-state index in [2.05, 4.69) is 10.2 Å². The summed E-state index contributed by atoms with van der Waals surface area (Å²) in [5.74, 6) is 0.114. The van der Waals surface area contributed by atoms with Gasteiger partial charge in [0, 0.05) is 0 Å². The molecule has 0 saturated carbocycles. The van der Waals surface area contributed by atoms with Gasteiger partial charge in [0.05, 0.1) is 18.1 Å². The van der Waals surface area contributed by atoms with E-state index in [0.29, 0.717) is 4.90 Å². The topological polar surface area (TPSA) is 124 Å². The van der Waals surface area contributed by atoms with Crippen molar-refractivity contribution in [1.29, 1.82) is 0 Å². The third-order valence-corrected chi connectivity index (χ3v) is 3.64. The Labute approximate surface area is 135 Å². The number of carbonyl (C=O) groups excluding carboxylic acids is 1. The molecule has 0 spiro atoms. The maximum atomic E-state index is 12.6. The van der Waals surface area contributed by atoms with Crippen LogP contribution in [0.2, 0.25) is 0 Å². The largest absolute Gasteiger partial charge is 0.496 e. The van der Waals surface area contributed by atoms with E-state index < -0.39 is 33.0 Å². The Morgan fingerprint density at radius 3 is 2.54 bits per heavy atom. The molecule has 0 atom stereocenters. The summed E-state index contributed by atoms with van der Waals surface area (Å²) in [6.07, 6.45) is -4.77. The molecule has 13 heteroatoms. The Balaban J connectivity index is 2.58. The van der Waals surface area contributed by atoms with Crippen LogP contribution < -0.4 is 15.4 Å². The van der Waals surface area contributed by atoms with Crippen molar-refractivity contribution < 1.29 is 27.6 Å². The number of benzene rings is 1. The molecule has 0 unspecified atom stereocenters. The van der Waals surface area contributed by atoms with E-state index in [4.69, 9.17) is 10.5 Å². The minimum atomic E-state index is -4.77. The molecular formula is C11H8F3N5O4S.